The van der Waals surface area contributed by atoms with Crippen LogP contribution in [0.1, 0.15) is 60.3 Å². The predicted molar refractivity (Wildman–Crippen MR) is 122 cm³/mol. The number of hydrogen-bond donors (Lipinski definition) is 1. The molecule has 2 heterocycles. The van der Waals surface area contributed by atoms with Crippen molar-refractivity contribution in [1.29, 1.82) is 0 Å². The number of nitrogens with zero attached hydrogens (tertiary/aromatic N) is 3. The third-order valence-corrected chi connectivity index (χ3v) is 7.56. The fourth-order valence-corrected chi connectivity index (χ4v) is 5.54. The number of rotatable bonds is 7. The van der Waals surface area contributed by atoms with E-state index in [1.165, 1.54) is 12.0 Å². The zero-order valence-electron chi connectivity index (χ0n) is 19.4. The van der Waals surface area contributed by atoms with E-state index in [1.807, 2.05) is 4.90 Å². The number of oxazole rings is 1. The Morgan fingerprint density at radius 2 is 1.91 bits per heavy atom. The molecule has 7 heteroatoms. The fraction of sp³-hybridized carbons (Fsp3) is 0.560. The summed E-state index contributed by atoms with van der Waals surface area (Å²) in [6, 6.07) is 10.8. The first kappa shape index (κ1) is 22.5. The van der Waals surface area contributed by atoms with Crippen molar-refractivity contribution in [2.75, 3.05) is 33.7 Å². The second-order valence-corrected chi connectivity index (χ2v) is 9.65. The van der Waals surface area contributed by atoms with Crippen molar-refractivity contribution in [2.24, 2.45) is 5.41 Å². The third kappa shape index (κ3) is 4.31. The molecular weight excluding hydrogens is 404 g/mol. The van der Waals surface area contributed by atoms with E-state index in [-0.39, 0.29) is 22.8 Å². The van der Waals surface area contributed by atoms with Gasteiger partial charge in [0.05, 0.1) is 0 Å². The zero-order valence-corrected chi connectivity index (χ0v) is 19.4. The summed E-state index contributed by atoms with van der Waals surface area (Å²) in [5.41, 5.74) is 1.84. The van der Waals surface area contributed by atoms with Crippen LogP contribution in [-0.4, -0.2) is 60.3 Å². The molecule has 1 saturated carbocycles. The standard InChI is InChI=1S/C25H34N4O3/c1-19-22(27-18-32-19)23(31)26-14-7-15-29-17-24(16-21(29)30)10-12-25(13-11-24,28(2)3)20-8-5-4-6-9-20/h4-6,8-9,18H,7,10-17H2,1-3H3,(H,26,31)/t24-,25-. The Hall–Kier alpha value is -2.67. The molecule has 0 unspecified atom stereocenters. The first-order chi connectivity index (χ1) is 15.4. The Bertz CT molecular complexity index is 945. The van der Waals surface area contributed by atoms with Gasteiger partial charge >= 0.3 is 0 Å². The van der Waals surface area contributed by atoms with Crippen molar-refractivity contribution < 1.29 is 14.0 Å². The summed E-state index contributed by atoms with van der Waals surface area (Å²) in [6.45, 7) is 3.74. The van der Waals surface area contributed by atoms with Crippen LogP contribution >= 0.6 is 0 Å². The van der Waals surface area contributed by atoms with Crippen LogP contribution in [0.2, 0.25) is 0 Å². The lowest BCUT2D eigenvalue weighted by molar-refractivity contribution is -0.127. The second kappa shape index (κ2) is 9.06. The highest BCUT2D eigenvalue weighted by Crippen LogP contribution is 2.52. The molecule has 1 aliphatic carbocycles. The lowest BCUT2D eigenvalue weighted by Crippen LogP contribution is -2.47. The average molecular weight is 439 g/mol. The molecule has 1 aliphatic heterocycles. The predicted octanol–water partition coefficient (Wildman–Crippen LogP) is 3.35. The SMILES string of the molecule is Cc1ocnc1C(=O)NCCCN1C[C@]2(CC[C@](c3ccccc3)(N(C)C)CC2)CC1=O. The highest BCUT2D eigenvalue weighted by Gasteiger charge is 2.49. The highest BCUT2D eigenvalue weighted by molar-refractivity contribution is 5.93. The molecule has 2 aliphatic rings. The van der Waals surface area contributed by atoms with Crippen molar-refractivity contribution in [2.45, 2.75) is 51.0 Å². The van der Waals surface area contributed by atoms with E-state index in [0.29, 0.717) is 31.0 Å². The fourth-order valence-electron chi connectivity index (χ4n) is 5.54. The summed E-state index contributed by atoms with van der Waals surface area (Å²) >= 11 is 0. The summed E-state index contributed by atoms with van der Waals surface area (Å²) in [5, 5.41) is 2.87. The smallest absolute Gasteiger partial charge is 0.273 e. The van der Waals surface area contributed by atoms with E-state index in [2.05, 4.69) is 59.6 Å². The Kier molecular flexibility index (Phi) is 6.38. The van der Waals surface area contributed by atoms with Crippen LogP contribution in [0.3, 0.4) is 0 Å². The molecule has 1 N–H and O–H groups in total. The molecule has 2 aromatic rings. The van der Waals surface area contributed by atoms with Crippen LogP contribution in [0, 0.1) is 12.3 Å². The maximum atomic E-state index is 12.8. The van der Waals surface area contributed by atoms with E-state index in [1.54, 1.807) is 6.92 Å². The highest BCUT2D eigenvalue weighted by atomic mass is 16.3. The van der Waals surface area contributed by atoms with Gasteiger partial charge in [-0.2, -0.15) is 0 Å². The van der Waals surface area contributed by atoms with Crippen LogP contribution in [0.4, 0.5) is 0 Å². The van der Waals surface area contributed by atoms with Gasteiger partial charge in [0.1, 0.15) is 5.76 Å². The zero-order chi connectivity index (χ0) is 22.8. The number of amides is 2. The molecule has 172 valence electrons. The lowest BCUT2D eigenvalue weighted by atomic mass is 9.64. The van der Waals surface area contributed by atoms with Gasteiger partial charge in [-0.3, -0.25) is 14.5 Å². The van der Waals surface area contributed by atoms with Gasteiger partial charge in [-0.05, 0) is 64.1 Å². The molecule has 1 aromatic carbocycles. The van der Waals surface area contributed by atoms with E-state index in [9.17, 15) is 9.59 Å². The van der Waals surface area contributed by atoms with Crippen molar-refractivity contribution in [3.63, 3.8) is 0 Å². The maximum absolute atomic E-state index is 12.8. The van der Waals surface area contributed by atoms with Crippen LogP contribution in [0.25, 0.3) is 0 Å². The molecule has 0 radical (unpaired) electrons. The number of aryl methyl sites for hydroxylation is 1. The molecule has 7 nitrogen and oxygen atoms in total. The molecular formula is C25H34N4O3. The van der Waals surface area contributed by atoms with E-state index >= 15 is 0 Å². The van der Waals surface area contributed by atoms with Gasteiger partial charge in [-0.1, -0.05) is 30.3 Å². The number of likely N-dealkylation sites (tertiary alicyclic amines) is 1. The van der Waals surface area contributed by atoms with Crippen molar-refractivity contribution >= 4 is 11.8 Å². The number of hydrogen-bond acceptors (Lipinski definition) is 5. The Balaban J connectivity index is 1.30. The molecule has 0 atom stereocenters. The van der Waals surface area contributed by atoms with Gasteiger partial charge in [-0.25, -0.2) is 4.98 Å². The normalized spacial score (nSPS) is 25.6. The number of carbonyl (C=O) groups excluding carboxylic acids is 2. The number of carbonyl (C=O) groups is 2. The van der Waals surface area contributed by atoms with E-state index in [0.717, 1.165) is 38.6 Å². The minimum absolute atomic E-state index is 0.0481. The Labute approximate surface area is 190 Å². The maximum Gasteiger partial charge on any atom is 0.273 e. The number of aromatic nitrogens is 1. The average Bonchev–Trinajstić information content (AvgIpc) is 3.35. The number of nitrogens with one attached hydrogen (secondary N) is 1. The molecule has 4 rings (SSSR count). The van der Waals surface area contributed by atoms with E-state index in [4.69, 9.17) is 4.42 Å². The molecule has 1 aromatic heterocycles. The van der Waals surface area contributed by atoms with Gasteiger partial charge in [-0.15, -0.1) is 0 Å². The summed E-state index contributed by atoms with van der Waals surface area (Å²) in [4.78, 5) is 33.2. The van der Waals surface area contributed by atoms with E-state index < -0.39 is 0 Å². The van der Waals surface area contributed by atoms with Crippen LogP contribution in [0.5, 0.6) is 0 Å². The Morgan fingerprint density at radius 1 is 1.19 bits per heavy atom. The molecule has 2 fully saturated rings. The first-order valence-corrected chi connectivity index (χ1v) is 11.5. The van der Waals surface area contributed by atoms with Crippen LogP contribution < -0.4 is 5.32 Å². The minimum atomic E-state index is -0.228. The van der Waals surface area contributed by atoms with Gasteiger partial charge in [0.2, 0.25) is 5.91 Å². The molecule has 0 bridgehead atoms. The quantitative estimate of drug-likeness (QED) is 0.671. The van der Waals surface area contributed by atoms with Gasteiger partial charge < -0.3 is 14.6 Å². The molecule has 32 heavy (non-hydrogen) atoms. The molecule has 1 saturated heterocycles. The van der Waals surface area contributed by atoms with Gasteiger partial charge in [0, 0.05) is 31.6 Å². The topological polar surface area (TPSA) is 78.7 Å². The monoisotopic (exact) mass is 438 g/mol. The lowest BCUT2D eigenvalue weighted by Gasteiger charge is -2.48. The van der Waals surface area contributed by atoms with Crippen LogP contribution in [0.15, 0.2) is 41.1 Å². The van der Waals surface area contributed by atoms with Gasteiger partial charge in [0.15, 0.2) is 12.1 Å². The summed E-state index contributed by atoms with van der Waals surface area (Å²) in [5.74, 6) is 0.537. The molecule has 1 spiro atoms. The summed E-state index contributed by atoms with van der Waals surface area (Å²) < 4.78 is 5.08. The first-order valence-electron chi connectivity index (χ1n) is 11.5. The number of benzene rings is 1. The summed E-state index contributed by atoms with van der Waals surface area (Å²) in [6.07, 6.45) is 6.91. The van der Waals surface area contributed by atoms with Crippen molar-refractivity contribution in [3.8, 4) is 0 Å². The van der Waals surface area contributed by atoms with Gasteiger partial charge in [0.25, 0.3) is 5.91 Å². The third-order valence-electron chi connectivity index (χ3n) is 7.56. The van der Waals surface area contributed by atoms with Crippen LogP contribution in [-0.2, 0) is 10.3 Å². The minimum Gasteiger partial charge on any atom is -0.448 e. The largest absolute Gasteiger partial charge is 0.448 e. The van der Waals surface area contributed by atoms with Crippen molar-refractivity contribution in [3.05, 3.63) is 53.7 Å². The van der Waals surface area contributed by atoms with Crippen molar-refractivity contribution in [1.82, 2.24) is 20.1 Å². The Morgan fingerprint density at radius 3 is 2.53 bits per heavy atom. The molecule has 2 amide bonds. The second-order valence-electron chi connectivity index (χ2n) is 9.65. The summed E-state index contributed by atoms with van der Waals surface area (Å²) in [7, 11) is 4.35.